The van der Waals surface area contributed by atoms with E-state index in [-0.39, 0.29) is 0 Å². The fourth-order valence-corrected chi connectivity index (χ4v) is 1.86. The molecule has 0 amide bonds. The summed E-state index contributed by atoms with van der Waals surface area (Å²) in [6.07, 6.45) is 2.09. The van der Waals surface area contributed by atoms with Crippen molar-refractivity contribution in [2.24, 2.45) is 0 Å². The SMILES string of the molecule is CSCc1ccc2c(c1)OCCO2. The average Bonchev–Trinajstić information content (AvgIpc) is 2.18. The number of rotatable bonds is 2. The minimum absolute atomic E-state index is 0.662. The van der Waals surface area contributed by atoms with E-state index in [0.29, 0.717) is 13.2 Å². The van der Waals surface area contributed by atoms with Crippen LogP contribution in [0.4, 0.5) is 0 Å². The monoisotopic (exact) mass is 196 g/mol. The first-order valence-electron chi connectivity index (χ1n) is 4.27. The van der Waals surface area contributed by atoms with E-state index in [1.807, 2.05) is 17.8 Å². The third-order valence-electron chi connectivity index (χ3n) is 1.92. The lowest BCUT2D eigenvalue weighted by Crippen LogP contribution is -2.15. The molecule has 13 heavy (non-hydrogen) atoms. The van der Waals surface area contributed by atoms with Crippen molar-refractivity contribution in [1.82, 2.24) is 0 Å². The molecule has 0 aliphatic carbocycles. The van der Waals surface area contributed by atoms with Gasteiger partial charge in [-0.2, -0.15) is 11.8 Å². The van der Waals surface area contributed by atoms with Gasteiger partial charge in [0.2, 0.25) is 0 Å². The van der Waals surface area contributed by atoms with Gasteiger partial charge < -0.3 is 9.47 Å². The van der Waals surface area contributed by atoms with Gasteiger partial charge in [-0.15, -0.1) is 0 Å². The first kappa shape index (κ1) is 8.75. The first-order chi connectivity index (χ1) is 6.40. The van der Waals surface area contributed by atoms with Crippen molar-refractivity contribution in [2.45, 2.75) is 5.75 Å². The van der Waals surface area contributed by atoms with Crippen LogP contribution in [0.2, 0.25) is 0 Å². The first-order valence-corrected chi connectivity index (χ1v) is 5.67. The number of ether oxygens (including phenoxy) is 2. The molecule has 1 heterocycles. The van der Waals surface area contributed by atoms with Crippen LogP contribution in [0.25, 0.3) is 0 Å². The molecule has 0 atom stereocenters. The van der Waals surface area contributed by atoms with E-state index < -0.39 is 0 Å². The Morgan fingerprint density at radius 2 is 2.00 bits per heavy atom. The lowest BCUT2D eigenvalue weighted by Gasteiger charge is -2.18. The van der Waals surface area contributed by atoms with Crippen molar-refractivity contribution < 1.29 is 9.47 Å². The fraction of sp³-hybridized carbons (Fsp3) is 0.400. The number of thioether (sulfide) groups is 1. The van der Waals surface area contributed by atoms with Crippen LogP contribution in [0, 0.1) is 0 Å². The molecule has 0 saturated heterocycles. The van der Waals surface area contributed by atoms with E-state index in [2.05, 4.69) is 18.4 Å². The molecule has 0 unspecified atom stereocenters. The molecular weight excluding hydrogens is 184 g/mol. The van der Waals surface area contributed by atoms with Gasteiger partial charge in [0.15, 0.2) is 11.5 Å². The van der Waals surface area contributed by atoms with Crippen LogP contribution in [0.3, 0.4) is 0 Å². The summed E-state index contributed by atoms with van der Waals surface area (Å²) in [5.41, 5.74) is 1.29. The second kappa shape index (κ2) is 3.92. The van der Waals surface area contributed by atoms with Gasteiger partial charge in [-0.1, -0.05) is 6.07 Å². The van der Waals surface area contributed by atoms with Crippen molar-refractivity contribution in [2.75, 3.05) is 19.5 Å². The van der Waals surface area contributed by atoms with Crippen molar-refractivity contribution in [3.63, 3.8) is 0 Å². The van der Waals surface area contributed by atoms with Crippen molar-refractivity contribution in [1.29, 1.82) is 0 Å². The molecule has 1 aromatic rings. The van der Waals surface area contributed by atoms with Gasteiger partial charge in [0, 0.05) is 5.75 Å². The van der Waals surface area contributed by atoms with Gasteiger partial charge in [-0.25, -0.2) is 0 Å². The van der Waals surface area contributed by atoms with E-state index in [1.165, 1.54) is 5.56 Å². The summed E-state index contributed by atoms with van der Waals surface area (Å²) in [6, 6.07) is 6.13. The number of hydrogen-bond acceptors (Lipinski definition) is 3. The lowest BCUT2D eigenvalue weighted by molar-refractivity contribution is 0.171. The number of fused-ring (bicyclic) bond motifs is 1. The summed E-state index contributed by atoms with van der Waals surface area (Å²) >= 11 is 1.81. The van der Waals surface area contributed by atoms with Crippen LogP contribution in [-0.2, 0) is 5.75 Å². The van der Waals surface area contributed by atoms with Gasteiger partial charge in [0.05, 0.1) is 0 Å². The summed E-state index contributed by atoms with van der Waals surface area (Å²) in [4.78, 5) is 0. The van der Waals surface area contributed by atoms with Crippen molar-refractivity contribution >= 4 is 11.8 Å². The predicted molar refractivity (Wildman–Crippen MR) is 54.7 cm³/mol. The highest BCUT2D eigenvalue weighted by Crippen LogP contribution is 2.31. The Bertz CT molecular complexity index is 299. The second-order valence-corrected chi connectivity index (χ2v) is 3.78. The zero-order valence-electron chi connectivity index (χ0n) is 7.58. The molecule has 0 bridgehead atoms. The highest BCUT2D eigenvalue weighted by Gasteiger charge is 2.10. The van der Waals surface area contributed by atoms with E-state index in [1.54, 1.807) is 0 Å². The predicted octanol–water partition coefficient (Wildman–Crippen LogP) is 2.32. The standard InChI is InChI=1S/C10H12O2S/c1-13-7-8-2-3-9-10(6-8)12-5-4-11-9/h2-3,6H,4-5,7H2,1H3. The van der Waals surface area contributed by atoms with Crippen LogP contribution < -0.4 is 9.47 Å². The van der Waals surface area contributed by atoms with Gasteiger partial charge in [0.25, 0.3) is 0 Å². The molecule has 0 radical (unpaired) electrons. The van der Waals surface area contributed by atoms with Crippen LogP contribution in [0.1, 0.15) is 5.56 Å². The molecule has 0 fully saturated rings. The third-order valence-corrected chi connectivity index (χ3v) is 2.54. The molecular formula is C10H12O2S. The van der Waals surface area contributed by atoms with E-state index in [9.17, 15) is 0 Å². The maximum absolute atomic E-state index is 5.48. The summed E-state index contributed by atoms with van der Waals surface area (Å²) < 4.78 is 10.9. The summed E-state index contributed by atoms with van der Waals surface area (Å²) in [5, 5.41) is 0. The quantitative estimate of drug-likeness (QED) is 0.723. The van der Waals surface area contributed by atoms with Gasteiger partial charge in [-0.05, 0) is 24.0 Å². The summed E-state index contributed by atoms with van der Waals surface area (Å²) in [7, 11) is 0. The highest BCUT2D eigenvalue weighted by molar-refractivity contribution is 7.97. The van der Waals surface area contributed by atoms with E-state index >= 15 is 0 Å². The molecule has 2 rings (SSSR count). The molecule has 0 spiro atoms. The number of benzene rings is 1. The molecule has 0 aromatic heterocycles. The second-order valence-electron chi connectivity index (χ2n) is 2.91. The topological polar surface area (TPSA) is 18.5 Å². The molecule has 2 nitrogen and oxygen atoms in total. The van der Waals surface area contributed by atoms with Crippen LogP contribution in [0.15, 0.2) is 18.2 Å². The molecule has 3 heteroatoms. The molecule has 0 saturated carbocycles. The van der Waals surface area contributed by atoms with Crippen molar-refractivity contribution in [3.05, 3.63) is 23.8 Å². The minimum atomic E-state index is 0.662. The Morgan fingerprint density at radius 1 is 1.23 bits per heavy atom. The van der Waals surface area contributed by atoms with E-state index in [4.69, 9.17) is 9.47 Å². The minimum Gasteiger partial charge on any atom is -0.486 e. The summed E-state index contributed by atoms with van der Waals surface area (Å²) in [6.45, 7) is 1.32. The van der Waals surface area contributed by atoms with Crippen LogP contribution in [-0.4, -0.2) is 19.5 Å². The van der Waals surface area contributed by atoms with Crippen LogP contribution in [0.5, 0.6) is 11.5 Å². The maximum atomic E-state index is 5.48. The Labute approximate surface area is 82.2 Å². The lowest BCUT2D eigenvalue weighted by atomic mass is 10.2. The average molecular weight is 196 g/mol. The van der Waals surface area contributed by atoms with Gasteiger partial charge in [0.1, 0.15) is 13.2 Å². The number of hydrogen-bond donors (Lipinski definition) is 0. The highest BCUT2D eigenvalue weighted by atomic mass is 32.2. The Hall–Kier alpha value is -0.830. The Morgan fingerprint density at radius 3 is 2.77 bits per heavy atom. The van der Waals surface area contributed by atoms with Crippen LogP contribution >= 0.6 is 11.8 Å². The molecule has 70 valence electrons. The van der Waals surface area contributed by atoms with Gasteiger partial charge >= 0.3 is 0 Å². The maximum Gasteiger partial charge on any atom is 0.161 e. The molecule has 1 aliphatic rings. The molecule has 1 aliphatic heterocycles. The smallest absolute Gasteiger partial charge is 0.161 e. The zero-order chi connectivity index (χ0) is 9.10. The normalized spacial score (nSPS) is 14.2. The third kappa shape index (κ3) is 1.91. The van der Waals surface area contributed by atoms with Gasteiger partial charge in [-0.3, -0.25) is 0 Å². The largest absolute Gasteiger partial charge is 0.486 e. The molecule has 0 N–H and O–H groups in total. The Kier molecular flexibility index (Phi) is 2.64. The van der Waals surface area contributed by atoms with E-state index in [0.717, 1.165) is 17.3 Å². The summed E-state index contributed by atoms with van der Waals surface area (Å²) in [5.74, 6) is 2.78. The zero-order valence-corrected chi connectivity index (χ0v) is 8.39. The van der Waals surface area contributed by atoms with Crippen molar-refractivity contribution in [3.8, 4) is 11.5 Å². The molecule has 1 aromatic carbocycles. The fourth-order valence-electron chi connectivity index (χ4n) is 1.34. The Balaban J connectivity index is 2.24.